The highest BCUT2D eigenvalue weighted by Gasteiger charge is 2.17. The van der Waals surface area contributed by atoms with Gasteiger partial charge in [-0.2, -0.15) is 0 Å². The first-order valence-corrected chi connectivity index (χ1v) is 7.38. The Labute approximate surface area is 129 Å². The average molecular weight is 345 g/mol. The van der Waals surface area contributed by atoms with Crippen LogP contribution in [-0.4, -0.2) is 25.2 Å². The second kappa shape index (κ2) is 7.22. The Kier molecular flexibility index (Phi) is 6.23. The molecule has 0 heterocycles. The zero-order valence-electron chi connectivity index (χ0n) is 11.6. The van der Waals surface area contributed by atoms with E-state index >= 15 is 0 Å². The SMILES string of the molecule is COCCC(C)(C)CNc1ccc(C(N)=S)c(Br)c1. The maximum Gasteiger partial charge on any atom is 0.105 e. The number of nitrogens with one attached hydrogen (secondary N) is 1. The van der Waals surface area contributed by atoms with Gasteiger partial charge in [-0.3, -0.25) is 0 Å². The lowest BCUT2D eigenvalue weighted by Crippen LogP contribution is -2.24. The van der Waals surface area contributed by atoms with Crippen molar-refractivity contribution in [1.82, 2.24) is 0 Å². The first-order chi connectivity index (χ1) is 8.85. The highest BCUT2D eigenvalue weighted by Crippen LogP contribution is 2.24. The molecule has 0 radical (unpaired) electrons. The zero-order valence-corrected chi connectivity index (χ0v) is 14.0. The van der Waals surface area contributed by atoms with E-state index in [0.29, 0.717) is 4.99 Å². The molecule has 5 heteroatoms. The molecule has 0 atom stereocenters. The van der Waals surface area contributed by atoms with Crippen LogP contribution >= 0.6 is 28.1 Å². The molecule has 0 saturated carbocycles. The first-order valence-electron chi connectivity index (χ1n) is 6.18. The van der Waals surface area contributed by atoms with Crippen LogP contribution in [0, 0.1) is 5.41 Å². The van der Waals surface area contributed by atoms with Gasteiger partial charge in [0.2, 0.25) is 0 Å². The molecule has 19 heavy (non-hydrogen) atoms. The molecule has 1 aromatic rings. The molecular weight excluding hydrogens is 324 g/mol. The second-order valence-electron chi connectivity index (χ2n) is 5.32. The molecule has 0 saturated heterocycles. The number of thiocarbonyl (C=S) groups is 1. The van der Waals surface area contributed by atoms with E-state index in [1.165, 1.54) is 0 Å². The molecule has 0 aliphatic heterocycles. The van der Waals surface area contributed by atoms with E-state index < -0.39 is 0 Å². The average Bonchev–Trinajstić information content (AvgIpc) is 2.34. The largest absolute Gasteiger partial charge is 0.389 e. The summed E-state index contributed by atoms with van der Waals surface area (Å²) in [5, 5.41) is 3.43. The maximum atomic E-state index is 5.63. The van der Waals surface area contributed by atoms with E-state index in [-0.39, 0.29) is 5.41 Å². The van der Waals surface area contributed by atoms with E-state index in [9.17, 15) is 0 Å². The number of hydrogen-bond acceptors (Lipinski definition) is 3. The molecule has 0 amide bonds. The first kappa shape index (κ1) is 16.4. The number of methoxy groups -OCH3 is 1. The molecule has 0 unspecified atom stereocenters. The normalized spacial score (nSPS) is 11.4. The molecular formula is C14H21BrN2OS. The van der Waals surface area contributed by atoms with Crippen LogP contribution < -0.4 is 11.1 Å². The van der Waals surface area contributed by atoms with Gasteiger partial charge in [0.05, 0.1) is 0 Å². The van der Waals surface area contributed by atoms with Gasteiger partial charge in [-0.25, -0.2) is 0 Å². The number of rotatable bonds is 7. The Morgan fingerprint density at radius 3 is 2.68 bits per heavy atom. The van der Waals surface area contributed by atoms with Crippen LogP contribution in [0.3, 0.4) is 0 Å². The van der Waals surface area contributed by atoms with Crippen LogP contribution in [0.2, 0.25) is 0 Å². The van der Waals surface area contributed by atoms with E-state index in [4.69, 9.17) is 22.7 Å². The summed E-state index contributed by atoms with van der Waals surface area (Å²) in [7, 11) is 1.73. The summed E-state index contributed by atoms with van der Waals surface area (Å²) in [6, 6.07) is 5.92. The van der Waals surface area contributed by atoms with Crippen molar-refractivity contribution in [2.45, 2.75) is 20.3 Å². The number of halogens is 1. The summed E-state index contributed by atoms with van der Waals surface area (Å²) < 4.78 is 6.04. The fourth-order valence-corrected chi connectivity index (χ4v) is 2.53. The predicted molar refractivity (Wildman–Crippen MR) is 88.8 cm³/mol. The maximum absolute atomic E-state index is 5.63. The van der Waals surface area contributed by atoms with Gasteiger partial charge in [0.1, 0.15) is 4.99 Å². The zero-order chi connectivity index (χ0) is 14.5. The van der Waals surface area contributed by atoms with E-state index in [1.807, 2.05) is 18.2 Å². The summed E-state index contributed by atoms with van der Waals surface area (Å²) in [5.74, 6) is 0. The van der Waals surface area contributed by atoms with Crippen molar-refractivity contribution in [3.63, 3.8) is 0 Å². The van der Waals surface area contributed by atoms with Crippen molar-refractivity contribution >= 4 is 38.8 Å². The van der Waals surface area contributed by atoms with Gasteiger partial charge < -0.3 is 15.8 Å². The van der Waals surface area contributed by atoms with Crippen molar-refractivity contribution in [1.29, 1.82) is 0 Å². The molecule has 0 aliphatic rings. The molecule has 0 aromatic heterocycles. The molecule has 0 spiro atoms. The summed E-state index contributed by atoms with van der Waals surface area (Å²) in [6.07, 6.45) is 1.02. The van der Waals surface area contributed by atoms with E-state index in [2.05, 4.69) is 35.1 Å². The Balaban J connectivity index is 2.63. The van der Waals surface area contributed by atoms with Gasteiger partial charge in [-0.05, 0) is 46.0 Å². The summed E-state index contributed by atoms with van der Waals surface area (Å²) >= 11 is 8.46. The minimum Gasteiger partial charge on any atom is -0.389 e. The van der Waals surface area contributed by atoms with Crippen molar-refractivity contribution in [3.05, 3.63) is 28.2 Å². The third-order valence-corrected chi connectivity index (χ3v) is 3.86. The Bertz CT molecular complexity index is 449. The van der Waals surface area contributed by atoms with Crippen molar-refractivity contribution in [3.8, 4) is 0 Å². The van der Waals surface area contributed by atoms with E-state index in [1.54, 1.807) is 7.11 Å². The summed E-state index contributed by atoms with van der Waals surface area (Å²) in [4.78, 5) is 0.402. The van der Waals surface area contributed by atoms with Crippen LogP contribution in [0.4, 0.5) is 5.69 Å². The Hall–Kier alpha value is -0.650. The summed E-state index contributed by atoms with van der Waals surface area (Å²) in [5.41, 5.74) is 7.73. The van der Waals surface area contributed by atoms with Crippen LogP contribution in [0.15, 0.2) is 22.7 Å². The minimum atomic E-state index is 0.185. The highest BCUT2D eigenvalue weighted by atomic mass is 79.9. The van der Waals surface area contributed by atoms with Crippen molar-refractivity contribution < 1.29 is 4.74 Å². The third kappa shape index (κ3) is 5.47. The van der Waals surface area contributed by atoms with Crippen LogP contribution in [0.1, 0.15) is 25.8 Å². The number of ether oxygens (including phenoxy) is 1. The summed E-state index contributed by atoms with van der Waals surface area (Å²) in [6.45, 7) is 6.10. The molecule has 0 aliphatic carbocycles. The van der Waals surface area contributed by atoms with Gasteiger partial charge >= 0.3 is 0 Å². The molecule has 106 valence electrons. The number of hydrogen-bond donors (Lipinski definition) is 2. The van der Waals surface area contributed by atoms with Gasteiger partial charge in [0.15, 0.2) is 0 Å². The Morgan fingerprint density at radius 1 is 1.47 bits per heavy atom. The highest BCUT2D eigenvalue weighted by molar-refractivity contribution is 9.10. The van der Waals surface area contributed by atoms with Gasteiger partial charge in [-0.15, -0.1) is 0 Å². The standard InChI is InChI=1S/C14H21BrN2OS/c1-14(2,6-7-18-3)9-17-10-4-5-11(13(16)19)12(15)8-10/h4-5,8,17H,6-7,9H2,1-3H3,(H2,16,19). The number of benzene rings is 1. The lowest BCUT2D eigenvalue weighted by Gasteiger charge is -2.25. The van der Waals surface area contributed by atoms with Gasteiger partial charge in [-0.1, -0.05) is 26.1 Å². The second-order valence-corrected chi connectivity index (χ2v) is 6.61. The molecule has 1 aromatic carbocycles. The van der Waals surface area contributed by atoms with Crippen LogP contribution in [-0.2, 0) is 4.74 Å². The number of nitrogens with two attached hydrogens (primary N) is 1. The van der Waals surface area contributed by atoms with E-state index in [0.717, 1.165) is 35.3 Å². The molecule has 3 nitrogen and oxygen atoms in total. The van der Waals surface area contributed by atoms with Crippen LogP contribution in [0.5, 0.6) is 0 Å². The fraction of sp³-hybridized carbons (Fsp3) is 0.500. The molecule has 0 bridgehead atoms. The molecule has 1 rings (SSSR count). The van der Waals surface area contributed by atoms with Crippen LogP contribution in [0.25, 0.3) is 0 Å². The topological polar surface area (TPSA) is 47.3 Å². The van der Waals surface area contributed by atoms with Gasteiger partial charge in [0.25, 0.3) is 0 Å². The molecule has 0 fully saturated rings. The Morgan fingerprint density at radius 2 is 2.16 bits per heavy atom. The van der Waals surface area contributed by atoms with Crippen molar-refractivity contribution in [2.24, 2.45) is 11.1 Å². The predicted octanol–water partition coefficient (Wildman–Crippen LogP) is 3.56. The quantitative estimate of drug-likeness (QED) is 0.742. The van der Waals surface area contributed by atoms with Crippen molar-refractivity contribution in [2.75, 3.05) is 25.6 Å². The monoisotopic (exact) mass is 344 g/mol. The fourth-order valence-electron chi connectivity index (χ4n) is 1.63. The number of anilines is 1. The smallest absolute Gasteiger partial charge is 0.105 e. The third-order valence-electron chi connectivity index (χ3n) is 2.99. The minimum absolute atomic E-state index is 0.185. The lowest BCUT2D eigenvalue weighted by atomic mass is 9.89. The lowest BCUT2D eigenvalue weighted by molar-refractivity contribution is 0.157. The van der Waals surface area contributed by atoms with Gasteiger partial charge in [0, 0.05) is 36.0 Å². The molecule has 3 N–H and O–H groups in total.